The van der Waals surface area contributed by atoms with Crippen molar-refractivity contribution >= 4 is 0 Å². The van der Waals surface area contributed by atoms with Gasteiger partial charge in [0.25, 0.3) is 0 Å². The zero-order chi connectivity index (χ0) is 14.6. The molecule has 0 aromatic rings. The summed E-state index contributed by atoms with van der Waals surface area (Å²) in [4.78, 5) is 2.67. The number of nitrogens with zero attached hydrogens (tertiary/aromatic N) is 1. The molecule has 2 heteroatoms. The van der Waals surface area contributed by atoms with Crippen molar-refractivity contribution in [3.8, 4) is 0 Å². The van der Waals surface area contributed by atoms with Gasteiger partial charge < -0.3 is 10.2 Å². The molecule has 1 saturated carbocycles. The summed E-state index contributed by atoms with van der Waals surface area (Å²) < 4.78 is 0. The molecule has 1 aliphatic heterocycles. The Hall–Kier alpha value is -0.0800. The van der Waals surface area contributed by atoms with Crippen molar-refractivity contribution < 1.29 is 0 Å². The highest BCUT2D eigenvalue weighted by molar-refractivity contribution is 4.81. The largest absolute Gasteiger partial charge is 0.313 e. The molecule has 2 aliphatic rings. The lowest BCUT2D eigenvalue weighted by Crippen LogP contribution is -2.43. The number of hydrogen-bond donors (Lipinski definition) is 1. The summed E-state index contributed by atoms with van der Waals surface area (Å²) in [5.74, 6) is 1.86. The topological polar surface area (TPSA) is 15.3 Å². The Kier molecular flexibility index (Phi) is 5.92. The second-order valence-corrected chi connectivity index (χ2v) is 8.40. The molecule has 1 N–H and O–H groups in total. The van der Waals surface area contributed by atoms with Gasteiger partial charge in [-0.3, -0.25) is 0 Å². The molecule has 0 bridgehead atoms. The van der Waals surface area contributed by atoms with Crippen molar-refractivity contribution in [2.24, 2.45) is 17.3 Å². The summed E-state index contributed by atoms with van der Waals surface area (Å²) in [6, 6.07) is 0.797. The third kappa shape index (κ3) is 5.04. The van der Waals surface area contributed by atoms with Gasteiger partial charge in [0, 0.05) is 19.1 Å². The molecule has 0 amide bonds. The molecule has 0 spiro atoms. The molecule has 1 heterocycles. The molecular formula is C18H36N2. The SMILES string of the molecule is CC1CCCC(NCCN2CCC(C(C)(C)C)CC2)C1. The monoisotopic (exact) mass is 280 g/mol. The molecule has 0 aromatic heterocycles. The van der Waals surface area contributed by atoms with Crippen LogP contribution in [0.25, 0.3) is 0 Å². The Morgan fingerprint density at radius 3 is 2.35 bits per heavy atom. The van der Waals surface area contributed by atoms with Crippen molar-refractivity contribution in [3.05, 3.63) is 0 Å². The minimum atomic E-state index is 0.503. The van der Waals surface area contributed by atoms with Crippen LogP contribution >= 0.6 is 0 Å². The van der Waals surface area contributed by atoms with Gasteiger partial charge >= 0.3 is 0 Å². The van der Waals surface area contributed by atoms with Gasteiger partial charge in [-0.05, 0) is 56.0 Å². The summed E-state index contributed by atoms with van der Waals surface area (Å²) in [6.07, 6.45) is 8.45. The molecule has 118 valence electrons. The van der Waals surface area contributed by atoms with E-state index in [2.05, 4.69) is 37.9 Å². The summed E-state index contributed by atoms with van der Waals surface area (Å²) in [6.45, 7) is 14.7. The fourth-order valence-electron chi connectivity index (χ4n) is 4.07. The molecule has 20 heavy (non-hydrogen) atoms. The second-order valence-electron chi connectivity index (χ2n) is 8.40. The first kappa shape index (κ1) is 16.3. The van der Waals surface area contributed by atoms with E-state index in [1.54, 1.807) is 0 Å². The zero-order valence-electron chi connectivity index (χ0n) is 14.3. The van der Waals surface area contributed by atoms with Crippen LogP contribution in [-0.2, 0) is 0 Å². The second kappa shape index (κ2) is 7.26. The van der Waals surface area contributed by atoms with Gasteiger partial charge in [0.1, 0.15) is 0 Å². The van der Waals surface area contributed by atoms with Gasteiger partial charge in [0.05, 0.1) is 0 Å². The van der Waals surface area contributed by atoms with Crippen LogP contribution in [0.1, 0.15) is 66.2 Å². The van der Waals surface area contributed by atoms with E-state index in [9.17, 15) is 0 Å². The Bertz CT molecular complexity index is 274. The van der Waals surface area contributed by atoms with Crippen molar-refractivity contribution in [2.45, 2.75) is 72.3 Å². The lowest BCUT2D eigenvalue weighted by atomic mass is 9.75. The van der Waals surface area contributed by atoms with E-state index >= 15 is 0 Å². The highest BCUT2D eigenvalue weighted by atomic mass is 15.1. The lowest BCUT2D eigenvalue weighted by molar-refractivity contribution is 0.111. The van der Waals surface area contributed by atoms with E-state index < -0.39 is 0 Å². The maximum atomic E-state index is 3.80. The average molecular weight is 280 g/mol. The standard InChI is InChI=1S/C18H36N2/c1-15-6-5-7-17(14-15)19-10-13-20-11-8-16(9-12-20)18(2,3)4/h15-17,19H,5-14H2,1-4H3. The molecule has 2 unspecified atom stereocenters. The molecule has 2 rings (SSSR count). The summed E-state index contributed by atoms with van der Waals surface area (Å²) in [5, 5.41) is 3.80. The van der Waals surface area contributed by atoms with E-state index in [1.807, 2.05) is 0 Å². The van der Waals surface area contributed by atoms with E-state index in [-0.39, 0.29) is 0 Å². The van der Waals surface area contributed by atoms with Crippen LogP contribution in [0.4, 0.5) is 0 Å². The normalized spacial score (nSPS) is 30.6. The quantitative estimate of drug-likeness (QED) is 0.840. The molecule has 2 nitrogen and oxygen atoms in total. The number of hydrogen-bond acceptors (Lipinski definition) is 2. The van der Waals surface area contributed by atoms with Crippen LogP contribution in [-0.4, -0.2) is 37.1 Å². The highest BCUT2D eigenvalue weighted by Gasteiger charge is 2.28. The van der Waals surface area contributed by atoms with Gasteiger partial charge in [-0.1, -0.05) is 40.5 Å². The maximum Gasteiger partial charge on any atom is 0.0107 e. The molecule has 2 atom stereocenters. The predicted octanol–water partition coefficient (Wildman–Crippen LogP) is 3.91. The van der Waals surface area contributed by atoms with Gasteiger partial charge in [-0.25, -0.2) is 0 Å². The molecule has 0 radical (unpaired) electrons. The fourth-order valence-corrected chi connectivity index (χ4v) is 4.07. The van der Waals surface area contributed by atoms with Crippen LogP contribution in [0.2, 0.25) is 0 Å². The molecule has 2 fully saturated rings. The van der Waals surface area contributed by atoms with Crippen molar-refractivity contribution in [1.82, 2.24) is 10.2 Å². The molecule has 1 aliphatic carbocycles. The van der Waals surface area contributed by atoms with Crippen LogP contribution in [0.5, 0.6) is 0 Å². The van der Waals surface area contributed by atoms with Crippen LogP contribution in [0.15, 0.2) is 0 Å². The Balaban J connectivity index is 1.59. The van der Waals surface area contributed by atoms with Crippen LogP contribution in [0.3, 0.4) is 0 Å². The van der Waals surface area contributed by atoms with Crippen molar-refractivity contribution in [2.75, 3.05) is 26.2 Å². The summed E-state index contributed by atoms with van der Waals surface area (Å²) >= 11 is 0. The minimum Gasteiger partial charge on any atom is -0.313 e. The Morgan fingerprint density at radius 2 is 1.75 bits per heavy atom. The smallest absolute Gasteiger partial charge is 0.0107 e. The lowest BCUT2D eigenvalue weighted by Gasteiger charge is -2.39. The third-order valence-corrected chi connectivity index (χ3v) is 5.61. The first-order valence-electron chi connectivity index (χ1n) is 8.91. The first-order chi connectivity index (χ1) is 9.45. The number of piperidine rings is 1. The average Bonchev–Trinajstić information content (AvgIpc) is 2.38. The summed E-state index contributed by atoms with van der Waals surface area (Å²) in [7, 11) is 0. The van der Waals surface area contributed by atoms with E-state index in [0.29, 0.717) is 5.41 Å². The van der Waals surface area contributed by atoms with E-state index in [1.165, 1.54) is 64.7 Å². The number of nitrogens with one attached hydrogen (secondary N) is 1. The highest BCUT2D eigenvalue weighted by Crippen LogP contribution is 2.34. The van der Waals surface area contributed by atoms with Crippen LogP contribution in [0, 0.1) is 17.3 Å². The molecule has 0 aromatic carbocycles. The van der Waals surface area contributed by atoms with Gasteiger partial charge in [0.15, 0.2) is 0 Å². The van der Waals surface area contributed by atoms with E-state index in [4.69, 9.17) is 0 Å². The number of likely N-dealkylation sites (tertiary alicyclic amines) is 1. The van der Waals surface area contributed by atoms with Crippen molar-refractivity contribution in [1.29, 1.82) is 0 Å². The fraction of sp³-hybridized carbons (Fsp3) is 1.00. The minimum absolute atomic E-state index is 0.503. The molecular weight excluding hydrogens is 244 g/mol. The van der Waals surface area contributed by atoms with Crippen molar-refractivity contribution in [3.63, 3.8) is 0 Å². The Morgan fingerprint density at radius 1 is 1.05 bits per heavy atom. The van der Waals surface area contributed by atoms with Gasteiger partial charge in [-0.2, -0.15) is 0 Å². The molecule has 1 saturated heterocycles. The number of rotatable bonds is 4. The first-order valence-corrected chi connectivity index (χ1v) is 8.91. The van der Waals surface area contributed by atoms with E-state index in [0.717, 1.165) is 17.9 Å². The van der Waals surface area contributed by atoms with Gasteiger partial charge in [0.2, 0.25) is 0 Å². The predicted molar refractivity (Wildman–Crippen MR) is 88.0 cm³/mol. The summed E-state index contributed by atoms with van der Waals surface area (Å²) in [5.41, 5.74) is 0.503. The maximum absolute atomic E-state index is 3.80. The zero-order valence-corrected chi connectivity index (χ0v) is 14.3. The Labute approximate surface area is 126 Å². The van der Waals surface area contributed by atoms with Gasteiger partial charge in [-0.15, -0.1) is 0 Å². The van der Waals surface area contributed by atoms with Crippen LogP contribution < -0.4 is 5.32 Å². The third-order valence-electron chi connectivity index (χ3n) is 5.61.